The van der Waals surface area contributed by atoms with Gasteiger partial charge in [-0.3, -0.25) is 0 Å². The number of aromatic nitrogens is 3. The average Bonchev–Trinajstić information content (AvgIpc) is 3.22. The topological polar surface area (TPSA) is 77.3 Å². The molecule has 0 unspecified atom stereocenters. The fourth-order valence-electron chi connectivity index (χ4n) is 3.26. The van der Waals surface area contributed by atoms with Gasteiger partial charge < -0.3 is 9.64 Å². The molecule has 1 aromatic heterocycles. The van der Waals surface area contributed by atoms with Gasteiger partial charge in [0.25, 0.3) is 0 Å². The van der Waals surface area contributed by atoms with E-state index in [2.05, 4.69) is 10.3 Å². The third kappa shape index (κ3) is 4.12. The average molecular weight is 439 g/mol. The van der Waals surface area contributed by atoms with Gasteiger partial charge >= 0.3 is 5.97 Å². The van der Waals surface area contributed by atoms with Crippen LogP contribution in [-0.4, -0.2) is 33.5 Å². The summed E-state index contributed by atoms with van der Waals surface area (Å²) in [4.78, 5) is 25.9. The lowest BCUT2D eigenvalue weighted by Gasteiger charge is -2.28. The van der Waals surface area contributed by atoms with Crippen LogP contribution in [0, 0.1) is 5.82 Å². The first kappa shape index (κ1) is 20.5. The zero-order valence-electron chi connectivity index (χ0n) is 16.4. The van der Waals surface area contributed by atoms with E-state index in [1.54, 1.807) is 48.4 Å². The first-order valence-electron chi connectivity index (χ1n) is 9.38. The lowest BCUT2D eigenvalue weighted by Crippen LogP contribution is -2.25. The number of hydrogen-bond acceptors (Lipinski definition) is 6. The van der Waals surface area contributed by atoms with Gasteiger partial charge in [0, 0.05) is 22.5 Å². The molecule has 0 fully saturated rings. The van der Waals surface area contributed by atoms with Gasteiger partial charge in [0.1, 0.15) is 17.5 Å². The highest BCUT2D eigenvalue weighted by molar-refractivity contribution is 6.31. The van der Waals surface area contributed by atoms with E-state index in [4.69, 9.17) is 16.3 Å². The van der Waals surface area contributed by atoms with E-state index >= 15 is 0 Å². The second kappa shape index (κ2) is 8.55. The third-order valence-electron chi connectivity index (χ3n) is 4.65. The van der Waals surface area contributed by atoms with Gasteiger partial charge in [0.15, 0.2) is 0 Å². The Morgan fingerprint density at radius 3 is 2.71 bits per heavy atom. The van der Waals surface area contributed by atoms with Crippen molar-refractivity contribution in [1.82, 2.24) is 15.0 Å². The maximum absolute atomic E-state index is 13.2. The van der Waals surface area contributed by atoms with Crippen molar-refractivity contribution in [3.8, 4) is 5.69 Å². The first-order chi connectivity index (χ1) is 15.0. The van der Waals surface area contributed by atoms with Crippen molar-refractivity contribution in [2.45, 2.75) is 13.5 Å². The quantitative estimate of drug-likeness (QED) is 0.446. The van der Waals surface area contributed by atoms with Crippen molar-refractivity contribution in [3.63, 3.8) is 0 Å². The van der Waals surface area contributed by atoms with Gasteiger partial charge in [-0.25, -0.2) is 18.7 Å². The third-order valence-corrected chi connectivity index (χ3v) is 4.89. The maximum Gasteiger partial charge on any atom is 0.341 e. The molecule has 0 saturated carbocycles. The molecule has 1 aliphatic heterocycles. The van der Waals surface area contributed by atoms with Crippen molar-refractivity contribution >= 4 is 34.8 Å². The number of anilines is 1. The van der Waals surface area contributed by atoms with Crippen molar-refractivity contribution in [2.75, 3.05) is 11.5 Å². The first-order valence-corrected chi connectivity index (χ1v) is 9.76. The fourth-order valence-corrected chi connectivity index (χ4v) is 3.44. The Balaban J connectivity index is 1.71. The van der Waals surface area contributed by atoms with Crippen LogP contribution in [0.2, 0.25) is 5.02 Å². The summed E-state index contributed by atoms with van der Waals surface area (Å²) >= 11 is 6.13. The maximum atomic E-state index is 13.2. The van der Waals surface area contributed by atoms with E-state index in [-0.39, 0.29) is 30.1 Å². The summed E-state index contributed by atoms with van der Waals surface area (Å²) in [7, 11) is 0. The van der Waals surface area contributed by atoms with Crippen LogP contribution >= 0.6 is 11.6 Å². The van der Waals surface area contributed by atoms with Crippen LogP contribution in [0.25, 0.3) is 11.3 Å². The molecule has 9 heteroatoms. The molecular weight excluding hydrogens is 423 g/mol. The number of benzene rings is 2. The highest BCUT2D eigenvalue weighted by Gasteiger charge is 2.29. The largest absolute Gasteiger partial charge is 0.462 e. The number of carbonyl (C=O) groups is 1. The molecule has 156 valence electrons. The standard InChI is InChI=1S/C22H16ClFN4O3/c1-2-31-22(30)19-12-27(21-8-3-14(23)9-18(21)20(19)13-29)10-16-11-28(26-25-16)17-6-4-15(24)5-7-17/h3-9,11-12H,2,10H2,1H3. The van der Waals surface area contributed by atoms with Gasteiger partial charge in [0.2, 0.25) is 0 Å². The monoisotopic (exact) mass is 438 g/mol. The fraction of sp³-hybridized carbons (Fsp3) is 0.136. The van der Waals surface area contributed by atoms with E-state index in [1.165, 1.54) is 23.0 Å². The zero-order valence-corrected chi connectivity index (χ0v) is 17.1. The highest BCUT2D eigenvalue weighted by Crippen LogP contribution is 2.38. The summed E-state index contributed by atoms with van der Waals surface area (Å²) < 4.78 is 19.8. The van der Waals surface area contributed by atoms with Crippen LogP contribution in [0.5, 0.6) is 0 Å². The Morgan fingerprint density at radius 1 is 1.23 bits per heavy atom. The second-order valence-electron chi connectivity index (χ2n) is 6.66. The number of carbonyl (C=O) groups excluding carboxylic acids is 2. The molecule has 1 aliphatic rings. The number of rotatable bonds is 5. The minimum Gasteiger partial charge on any atom is -0.462 e. The van der Waals surface area contributed by atoms with Crippen molar-refractivity contribution in [3.05, 3.63) is 82.5 Å². The smallest absolute Gasteiger partial charge is 0.341 e. The van der Waals surface area contributed by atoms with E-state index in [1.807, 2.05) is 5.94 Å². The molecule has 7 nitrogen and oxygen atoms in total. The Hall–Kier alpha value is -3.74. The summed E-state index contributed by atoms with van der Waals surface area (Å²) in [6.07, 6.45) is 3.23. The molecule has 2 heterocycles. The zero-order chi connectivity index (χ0) is 22.0. The van der Waals surface area contributed by atoms with E-state index in [9.17, 15) is 14.0 Å². The molecule has 0 aliphatic carbocycles. The summed E-state index contributed by atoms with van der Waals surface area (Å²) in [5.74, 6) is 0.864. The lowest BCUT2D eigenvalue weighted by atomic mass is 9.94. The minimum atomic E-state index is -0.633. The molecule has 4 rings (SSSR count). The van der Waals surface area contributed by atoms with Crippen LogP contribution in [0.4, 0.5) is 10.1 Å². The molecule has 0 N–H and O–H groups in total. The Morgan fingerprint density at radius 2 is 2.00 bits per heavy atom. The van der Waals surface area contributed by atoms with Gasteiger partial charge in [0.05, 0.1) is 36.2 Å². The Labute approximate surface area is 182 Å². The van der Waals surface area contributed by atoms with Crippen LogP contribution in [0.1, 0.15) is 18.2 Å². The highest BCUT2D eigenvalue weighted by atomic mass is 35.5. The van der Waals surface area contributed by atoms with Crippen molar-refractivity contribution < 1.29 is 18.7 Å². The molecule has 0 radical (unpaired) electrons. The number of nitrogens with zero attached hydrogens (tertiary/aromatic N) is 4. The summed E-state index contributed by atoms with van der Waals surface area (Å²) in [5, 5.41) is 8.67. The summed E-state index contributed by atoms with van der Waals surface area (Å²) in [6, 6.07) is 10.9. The lowest BCUT2D eigenvalue weighted by molar-refractivity contribution is -0.138. The summed E-state index contributed by atoms with van der Waals surface area (Å²) in [5.41, 5.74) is 2.54. The van der Waals surface area contributed by atoms with E-state index in [0.29, 0.717) is 27.7 Å². The van der Waals surface area contributed by atoms with Gasteiger partial charge in [-0.1, -0.05) is 16.8 Å². The Bertz CT molecular complexity index is 1230. The Kier molecular flexibility index (Phi) is 5.66. The molecule has 3 aromatic rings. The molecule has 31 heavy (non-hydrogen) atoms. The van der Waals surface area contributed by atoms with Crippen LogP contribution in [0.15, 0.2) is 60.4 Å². The number of fused-ring (bicyclic) bond motifs is 1. The van der Waals surface area contributed by atoms with Gasteiger partial charge in [-0.05, 0) is 49.4 Å². The number of halogens is 2. The number of ether oxygens (including phenoxy) is 1. The van der Waals surface area contributed by atoms with Gasteiger partial charge in [-0.15, -0.1) is 5.10 Å². The summed E-state index contributed by atoms with van der Waals surface area (Å²) in [6.45, 7) is 2.10. The van der Waals surface area contributed by atoms with Crippen LogP contribution < -0.4 is 4.90 Å². The predicted molar refractivity (Wildman–Crippen MR) is 113 cm³/mol. The van der Waals surface area contributed by atoms with E-state index < -0.39 is 5.97 Å². The predicted octanol–water partition coefficient (Wildman–Crippen LogP) is 3.74. The second-order valence-corrected chi connectivity index (χ2v) is 7.10. The SMILES string of the molecule is CCOC(=O)C1=CN(Cc2cn(-c3ccc(F)cc3)nn2)c2ccc(Cl)cc2C1=C=O. The molecular formula is C22H16ClFN4O3. The number of hydrogen-bond donors (Lipinski definition) is 0. The molecule has 0 saturated heterocycles. The normalized spacial score (nSPS) is 12.8. The molecule has 0 bridgehead atoms. The molecule has 0 amide bonds. The number of esters is 1. The van der Waals surface area contributed by atoms with Gasteiger partial charge in [-0.2, -0.15) is 0 Å². The van der Waals surface area contributed by atoms with Crippen LogP contribution in [0.3, 0.4) is 0 Å². The molecule has 2 aromatic carbocycles. The van der Waals surface area contributed by atoms with E-state index in [0.717, 1.165) is 0 Å². The van der Waals surface area contributed by atoms with Crippen molar-refractivity contribution in [1.29, 1.82) is 0 Å². The molecule has 0 spiro atoms. The molecule has 0 atom stereocenters. The van der Waals surface area contributed by atoms with Crippen LogP contribution in [-0.2, 0) is 20.9 Å². The van der Waals surface area contributed by atoms with Crippen molar-refractivity contribution in [2.24, 2.45) is 0 Å². The minimum absolute atomic E-state index is 0.0811.